The molecule has 1 amide bonds. The molecule has 2 atom stereocenters. The van der Waals surface area contributed by atoms with Crippen molar-refractivity contribution in [2.45, 2.75) is 23.8 Å². The van der Waals surface area contributed by atoms with Crippen molar-refractivity contribution in [3.63, 3.8) is 0 Å². The van der Waals surface area contributed by atoms with Crippen molar-refractivity contribution >= 4 is 33.4 Å². The zero-order valence-corrected chi connectivity index (χ0v) is 17.7. The number of amides is 1. The summed E-state index contributed by atoms with van der Waals surface area (Å²) in [5, 5.41) is 2.90. The molecule has 0 saturated carbocycles. The normalized spacial score (nSPS) is 21.4. The molecular formula is C20H23N3O4S2. The molecule has 0 unspecified atom stereocenters. The van der Waals surface area contributed by atoms with E-state index in [0.717, 1.165) is 12.1 Å². The molecule has 4 rings (SSSR count). The van der Waals surface area contributed by atoms with Crippen molar-refractivity contribution in [3.05, 3.63) is 58.5 Å². The molecule has 0 spiro atoms. The highest BCUT2D eigenvalue weighted by molar-refractivity contribution is 7.99. The van der Waals surface area contributed by atoms with Crippen molar-refractivity contribution in [2.24, 2.45) is 5.92 Å². The molecule has 0 radical (unpaired) electrons. The second kappa shape index (κ2) is 7.97. The molecule has 1 saturated heterocycles. The van der Waals surface area contributed by atoms with Crippen molar-refractivity contribution in [1.82, 2.24) is 8.87 Å². The van der Waals surface area contributed by atoms with Crippen LogP contribution in [0.4, 0.5) is 5.69 Å². The van der Waals surface area contributed by atoms with Gasteiger partial charge in [0.1, 0.15) is 0 Å². The van der Waals surface area contributed by atoms with E-state index >= 15 is 0 Å². The van der Waals surface area contributed by atoms with E-state index < -0.39 is 10.0 Å². The average molecular weight is 434 g/mol. The van der Waals surface area contributed by atoms with Gasteiger partial charge in [-0.05, 0) is 36.8 Å². The Morgan fingerprint density at radius 3 is 2.62 bits per heavy atom. The quantitative estimate of drug-likeness (QED) is 0.779. The van der Waals surface area contributed by atoms with Crippen LogP contribution in [0.25, 0.3) is 0 Å². The van der Waals surface area contributed by atoms with Crippen LogP contribution in [0.15, 0.2) is 52.2 Å². The third kappa shape index (κ3) is 3.86. The summed E-state index contributed by atoms with van der Waals surface area (Å²) < 4.78 is 29.5. The van der Waals surface area contributed by atoms with Gasteiger partial charge in [-0.3, -0.25) is 9.59 Å². The molecular weight excluding hydrogens is 410 g/mol. The number of sulfonamides is 1. The Balaban J connectivity index is 1.69. The lowest BCUT2D eigenvalue weighted by Crippen LogP contribution is -2.49. The Morgan fingerprint density at radius 1 is 1.14 bits per heavy atom. The van der Waals surface area contributed by atoms with E-state index in [1.807, 2.05) is 6.26 Å². The highest BCUT2D eigenvalue weighted by Crippen LogP contribution is 2.40. The predicted molar refractivity (Wildman–Crippen MR) is 114 cm³/mol. The van der Waals surface area contributed by atoms with E-state index in [0.29, 0.717) is 31.1 Å². The van der Waals surface area contributed by atoms with Crippen LogP contribution in [-0.4, -0.2) is 48.3 Å². The van der Waals surface area contributed by atoms with Crippen LogP contribution in [0.3, 0.4) is 0 Å². The summed E-state index contributed by atoms with van der Waals surface area (Å²) in [4.78, 5) is 24.9. The second-order valence-corrected chi connectivity index (χ2v) is 10.3. The van der Waals surface area contributed by atoms with E-state index in [9.17, 15) is 18.0 Å². The minimum Gasteiger partial charge on any atom is -0.324 e. The summed E-state index contributed by atoms with van der Waals surface area (Å²) in [6.07, 6.45) is 2.65. The monoisotopic (exact) mass is 433 g/mol. The minimum atomic E-state index is -3.61. The number of fused-ring (bicyclic) bond motifs is 4. The number of hydrogen-bond acceptors (Lipinski definition) is 5. The average Bonchev–Trinajstić information content (AvgIpc) is 2.71. The van der Waals surface area contributed by atoms with Crippen molar-refractivity contribution in [1.29, 1.82) is 0 Å². The lowest BCUT2D eigenvalue weighted by molar-refractivity contribution is -0.113. The fourth-order valence-corrected chi connectivity index (χ4v) is 6.25. The van der Waals surface area contributed by atoms with Crippen LogP contribution in [0.1, 0.15) is 18.0 Å². The second-order valence-electron chi connectivity index (χ2n) is 7.50. The SMILES string of the molecule is CSCC(=O)Nc1ccc(=O)n2c1[C@H]1C[C@@H](CN(S(=O)(=O)c3ccccc3)C1)C2. The summed E-state index contributed by atoms with van der Waals surface area (Å²) >= 11 is 1.42. The first-order chi connectivity index (χ1) is 13.9. The largest absolute Gasteiger partial charge is 0.324 e. The first kappa shape index (κ1) is 20.2. The van der Waals surface area contributed by atoms with Crippen LogP contribution in [0.5, 0.6) is 0 Å². The summed E-state index contributed by atoms with van der Waals surface area (Å²) in [6, 6.07) is 11.5. The van der Waals surface area contributed by atoms with E-state index in [-0.39, 0.29) is 28.2 Å². The molecule has 2 aromatic rings. The lowest BCUT2D eigenvalue weighted by Gasteiger charge is -2.42. The highest BCUT2D eigenvalue weighted by Gasteiger charge is 2.40. The van der Waals surface area contributed by atoms with Crippen LogP contribution >= 0.6 is 11.8 Å². The molecule has 7 nitrogen and oxygen atoms in total. The van der Waals surface area contributed by atoms with Gasteiger partial charge in [-0.1, -0.05) is 18.2 Å². The summed E-state index contributed by atoms with van der Waals surface area (Å²) in [5.74, 6) is 0.111. The standard InChI is InChI=1S/C20H23N3O4S2/c1-28-13-18(24)21-17-7-8-19(25)23-11-14-9-15(20(17)23)12-22(10-14)29(26,27)16-5-3-2-4-6-16/h2-8,14-15H,9-13H2,1H3,(H,21,24)/t14-,15-/m0/s1. The first-order valence-corrected chi connectivity index (χ1v) is 12.3. The van der Waals surface area contributed by atoms with E-state index in [1.54, 1.807) is 41.0 Å². The number of thioether (sulfide) groups is 1. The number of rotatable bonds is 5. The first-order valence-electron chi connectivity index (χ1n) is 9.48. The fourth-order valence-electron chi connectivity index (χ4n) is 4.33. The van der Waals surface area contributed by atoms with E-state index in [4.69, 9.17) is 0 Å². The number of nitrogens with one attached hydrogen (secondary N) is 1. The molecule has 3 heterocycles. The van der Waals surface area contributed by atoms with Crippen LogP contribution < -0.4 is 10.9 Å². The van der Waals surface area contributed by atoms with Gasteiger partial charge in [0.25, 0.3) is 5.56 Å². The number of aromatic nitrogens is 1. The Labute approximate surface area is 174 Å². The number of nitrogens with zero attached hydrogens (tertiary/aromatic N) is 2. The molecule has 1 aromatic heterocycles. The molecule has 1 aromatic carbocycles. The third-order valence-electron chi connectivity index (χ3n) is 5.49. The van der Waals surface area contributed by atoms with Crippen molar-refractivity contribution in [3.8, 4) is 0 Å². The number of hydrogen-bond donors (Lipinski definition) is 1. The van der Waals surface area contributed by atoms with Crippen LogP contribution in [0, 0.1) is 5.92 Å². The van der Waals surface area contributed by atoms with Gasteiger partial charge in [0, 0.05) is 37.3 Å². The molecule has 2 bridgehead atoms. The molecule has 1 N–H and O–H groups in total. The Bertz CT molecular complexity index is 1080. The van der Waals surface area contributed by atoms with Crippen molar-refractivity contribution < 1.29 is 13.2 Å². The zero-order valence-electron chi connectivity index (χ0n) is 16.1. The number of benzene rings is 1. The van der Waals surface area contributed by atoms with Gasteiger partial charge in [0.2, 0.25) is 15.9 Å². The molecule has 0 aliphatic carbocycles. The highest BCUT2D eigenvalue weighted by atomic mass is 32.2. The molecule has 9 heteroatoms. The fraction of sp³-hybridized carbons (Fsp3) is 0.400. The van der Waals surface area contributed by atoms with E-state index in [2.05, 4.69) is 5.32 Å². The topological polar surface area (TPSA) is 88.5 Å². The Hall–Kier alpha value is -2.10. The van der Waals surface area contributed by atoms with Crippen LogP contribution in [0.2, 0.25) is 0 Å². The maximum atomic E-state index is 13.1. The zero-order chi connectivity index (χ0) is 20.6. The van der Waals surface area contributed by atoms with E-state index in [1.165, 1.54) is 22.1 Å². The maximum absolute atomic E-state index is 13.1. The van der Waals surface area contributed by atoms with Crippen molar-refractivity contribution in [2.75, 3.05) is 30.4 Å². The van der Waals surface area contributed by atoms with Gasteiger partial charge in [-0.15, -0.1) is 0 Å². The number of pyridine rings is 1. The molecule has 1 fully saturated rings. The van der Waals surface area contributed by atoms with Gasteiger partial charge in [-0.2, -0.15) is 16.1 Å². The lowest BCUT2D eigenvalue weighted by atomic mass is 9.83. The number of carbonyl (C=O) groups is 1. The number of piperidine rings is 1. The maximum Gasteiger partial charge on any atom is 0.250 e. The number of carbonyl (C=O) groups excluding carboxylic acids is 1. The molecule has 2 aliphatic heterocycles. The third-order valence-corrected chi connectivity index (χ3v) is 7.88. The van der Waals surface area contributed by atoms with Gasteiger partial charge in [0.15, 0.2) is 0 Å². The van der Waals surface area contributed by atoms with Crippen LogP contribution in [-0.2, 0) is 21.4 Å². The molecule has 2 aliphatic rings. The minimum absolute atomic E-state index is 0.0644. The molecule has 29 heavy (non-hydrogen) atoms. The summed E-state index contributed by atoms with van der Waals surface area (Å²) in [5.41, 5.74) is 1.22. The summed E-state index contributed by atoms with van der Waals surface area (Å²) in [7, 11) is -3.61. The predicted octanol–water partition coefficient (Wildman–Crippen LogP) is 1.96. The molecule has 154 valence electrons. The van der Waals surface area contributed by atoms with Gasteiger partial charge < -0.3 is 9.88 Å². The Kier molecular flexibility index (Phi) is 5.54. The van der Waals surface area contributed by atoms with Gasteiger partial charge >= 0.3 is 0 Å². The Morgan fingerprint density at radius 2 is 1.90 bits per heavy atom. The van der Waals surface area contributed by atoms with Gasteiger partial charge in [0.05, 0.1) is 16.3 Å². The summed E-state index contributed by atoms with van der Waals surface area (Å²) in [6.45, 7) is 1.14. The smallest absolute Gasteiger partial charge is 0.250 e. The van der Waals surface area contributed by atoms with Gasteiger partial charge in [-0.25, -0.2) is 8.42 Å². The number of anilines is 1.